The van der Waals surface area contributed by atoms with E-state index >= 15 is 0 Å². The molecule has 0 atom stereocenters. The lowest BCUT2D eigenvalue weighted by molar-refractivity contribution is 0.102. The molecule has 6 nitrogen and oxygen atoms in total. The van der Waals surface area contributed by atoms with Crippen molar-refractivity contribution in [3.05, 3.63) is 78.9 Å². The quantitative estimate of drug-likeness (QED) is 0.404. The van der Waals surface area contributed by atoms with Crippen LogP contribution in [0.3, 0.4) is 0 Å². The van der Waals surface area contributed by atoms with Gasteiger partial charge in [-0.15, -0.1) is 11.3 Å². The van der Waals surface area contributed by atoms with Crippen LogP contribution in [0, 0.1) is 0 Å². The van der Waals surface area contributed by atoms with Gasteiger partial charge in [0.1, 0.15) is 4.88 Å². The van der Waals surface area contributed by atoms with Gasteiger partial charge in [0.05, 0.1) is 16.3 Å². The fraction of sp³-hybridized carbons (Fsp3) is 0.217. The minimum atomic E-state index is -0.747. The first-order valence-corrected chi connectivity index (χ1v) is 13.8. The fourth-order valence-electron chi connectivity index (χ4n) is 3.43. The number of thiophene rings is 1. The van der Waals surface area contributed by atoms with Gasteiger partial charge >= 0.3 is 0 Å². The Kier molecular flexibility index (Phi) is 8.29. The van der Waals surface area contributed by atoms with E-state index in [0.717, 1.165) is 18.0 Å². The van der Waals surface area contributed by atoms with Crippen molar-refractivity contribution >= 4 is 80.1 Å². The van der Waals surface area contributed by atoms with Crippen molar-refractivity contribution < 1.29 is 13.8 Å². The van der Waals surface area contributed by atoms with Crippen molar-refractivity contribution in [3.63, 3.8) is 0 Å². The lowest BCUT2D eigenvalue weighted by Crippen LogP contribution is -2.36. The first-order chi connectivity index (χ1) is 16.3. The van der Waals surface area contributed by atoms with Crippen LogP contribution < -0.4 is 10.6 Å². The molecule has 1 aliphatic heterocycles. The maximum absolute atomic E-state index is 13.0. The second-order valence-electron chi connectivity index (χ2n) is 7.62. The normalized spacial score (nSPS) is 14.7. The third kappa shape index (κ3) is 6.38. The molecule has 4 rings (SSSR count). The molecule has 1 aromatic heterocycles. The standard InChI is InChI=1S/C23H20Cl3N3O3S2/c24-14-1-4-16(5-2-14)27-22(30)18-11-15(25)3-6-20(18)28-23(31)21-19(26)12-17(33-21)13-29-7-9-34(32)10-8-29/h1-6,11-12H,7-10,13H2,(H,27,30)(H,28,31). The van der Waals surface area contributed by atoms with Crippen molar-refractivity contribution in [1.82, 2.24) is 4.90 Å². The number of amides is 2. The largest absolute Gasteiger partial charge is 0.322 e. The number of halogens is 3. The van der Waals surface area contributed by atoms with Crippen LogP contribution in [0.5, 0.6) is 0 Å². The lowest BCUT2D eigenvalue weighted by Gasteiger charge is -2.25. The Morgan fingerprint density at radius 1 is 0.912 bits per heavy atom. The molecule has 2 heterocycles. The number of hydrogen-bond acceptors (Lipinski definition) is 5. The van der Waals surface area contributed by atoms with Crippen LogP contribution in [0.4, 0.5) is 11.4 Å². The van der Waals surface area contributed by atoms with E-state index in [-0.39, 0.29) is 5.56 Å². The highest BCUT2D eigenvalue weighted by atomic mass is 35.5. The lowest BCUT2D eigenvalue weighted by atomic mass is 10.1. The highest BCUT2D eigenvalue weighted by molar-refractivity contribution is 7.85. The van der Waals surface area contributed by atoms with Gasteiger partial charge in [0.2, 0.25) is 0 Å². The molecule has 2 amide bonds. The number of nitrogens with zero attached hydrogens (tertiary/aromatic N) is 1. The number of carbonyl (C=O) groups excluding carboxylic acids is 2. The Morgan fingerprint density at radius 3 is 2.29 bits per heavy atom. The van der Waals surface area contributed by atoms with Crippen LogP contribution in [0.25, 0.3) is 0 Å². The van der Waals surface area contributed by atoms with Gasteiger partial charge in [-0.1, -0.05) is 34.8 Å². The summed E-state index contributed by atoms with van der Waals surface area (Å²) < 4.78 is 11.6. The molecule has 0 unspecified atom stereocenters. The van der Waals surface area contributed by atoms with Gasteiger partial charge in [0.25, 0.3) is 11.8 Å². The highest BCUT2D eigenvalue weighted by Gasteiger charge is 2.21. The van der Waals surface area contributed by atoms with E-state index in [4.69, 9.17) is 34.8 Å². The van der Waals surface area contributed by atoms with E-state index in [0.29, 0.717) is 49.4 Å². The van der Waals surface area contributed by atoms with Gasteiger partial charge in [0.15, 0.2) is 0 Å². The smallest absolute Gasteiger partial charge is 0.267 e. The Hall–Kier alpha value is -1.94. The molecular formula is C23H20Cl3N3O3S2. The maximum Gasteiger partial charge on any atom is 0.267 e. The summed E-state index contributed by atoms with van der Waals surface area (Å²) in [4.78, 5) is 29.4. The molecule has 1 saturated heterocycles. The molecule has 0 radical (unpaired) electrons. The Labute approximate surface area is 218 Å². The van der Waals surface area contributed by atoms with Crippen molar-refractivity contribution in [1.29, 1.82) is 0 Å². The Balaban J connectivity index is 1.48. The molecule has 34 heavy (non-hydrogen) atoms. The molecule has 0 aliphatic carbocycles. The number of rotatable bonds is 6. The maximum atomic E-state index is 13.0. The summed E-state index contributed by atoms with van der Waals surface area (Å²) in [5.74, 6) is 0.470. The van der Waals surface area contributed by atoms with Crippen LogP contribution in [0.15, 0.2) is 48.5 Å². The van der Waals surface area contributed by atoms with E-state index in [1.807, 2.05) is 0 Å². The average molecular weight is 557 g/mol. The van der Waals surface area contributed by atoms with Gasteiger partial charge in [-0.3, -0.25) is 18.7 Å². The first-order valence-electron chi connectivity index (χ1n) is 10.3. The molecule has 0 bridgehead atoms. The fourth-order valence-corrected chi connectivity index (χ4v) is 6.24. The van der Waals surface area contributed by atoms with E-state index in [9.17, 15) is 13.8 Å². The molecule has 1 aliphatic rings. The predicted molar refractivity (Wildman–Crippen MR) is 141 cm³/mol. The second-order valence-corrected chi connectivity index (χ2v) is 11.7. The first kappa shape index (κ1) is 25.2. The summed E-state index contributed by atoms with van der Waals surface area (Å²) in [6.07, 6.45) is 0. The summed E-state index contributed by atoms with van der Waals surface area (Å²) in [7, 11) is -0.747. The van der Waals surface area contributed by atoms with Crippen molar-refractivity contribution in [2.24, 2.45) is 0 Å². The minimum Gasteiger partial charge on any atom is -0.322 e. The molecule has 11 heteroatoms. The topological polar surface area (TPSA) is 78.5 Å². The van der Waals surface area contributed by atoms with Crippen LogP contribution in [-0.4, -0.2) is 45.5 Å². The SMILES string of the molecule is O=C(Nc1ccc(Cl)cc1)c1cc(Cl)ccc1NC(=O)c1sc(CN2CCS(=O)CC2)cc1Cl. The van der Waals surface area contributed by atoms with Crippen LogP contribution >= 0.6 is 46.1 Å². The summed E-state index contributed by atoms with van der Waals surface area (Å²) in [5, 5.41) is 6.82. The van der Waals surface area contributed by atoms with Crippen molar-refractivity contribution in [2.45, 2.75) is 6.54 Å². The Bertz CT molecular complexity index is 1240. The molecular weight excluding hydrogens is 537 g/mol. The van der Waals surface area contributed by atoms with Crippen LogP contribution in [-0.2, 0) is 17.3 Å². The summed E-state index contributed by atoms with van der Waals surface area (Å²) in [6, 6.07) is 13.1. The number of benzene rings is 2. The number of nitrogens with one attached hydrogen (secondary N) is 2. The van der Waals surface area contributed by atoms with Gasteiger partial charge in [-0.25, -0.2) is 0 Å². The number of anilines is 2. The van der Waals surface area contributed by atoms with Gasteiger partial charge in [-0.05, 0) is 48.5 Å². The Morgan fingerprint density at radius 2 is 1.59 bits per heavy atom. The summed E-state index contributed by atoms with van der Waals surface area (Å²) in [6.45, 7) is 2.14. The van der Waals surface area contributed by atoms with Crippen LogP contribution in [0.2, 0.25) is 15.1 Å². The van der Waals surface area contributed by atoms with Gasteiger partial charge in [0, 0.05) is 62.5 Å². The zero-order valence-corrected chi connectivity index (χ0v) is 21.7. The molecule has 178 valence electrons. The molecule has 1 fully saturated rings. The third-order valence-electron chi connectivity index (χ3n) is 5.17. The van der Waals surface area contributed by atoms with E-state index in [2.05, 4.69) is 15.5 Å². The molecule has 0 spiro atoms. The summed E-state index contributed by atoms with van der Waals surface area (Å²) in [5.41, 5.74) is 1.08. The average Bonchev–Trinajstić information content (AvgIpc) is 3.18. The number of carbonyl (C=O) groups is 2. The minimum absolute atomic E-state index is 0.213. The highest BCUT2D eigenvalue weighted by Crippen LogP contribution is 2.30. The molecule has 2 N–H and O–H groups in total. The zero-order valence-electron chi connectivity index (χ0n) is 17.8. The third-order valence-corrected chi connectivity index (χ3v) is 8.46. The molecule has 2 aromatic carbocycles. The van der Waals surface area contributed by atoms with E-state index in [1.54, 1.807) is 42.5 Å². The second kappa shape index (κ2) is 11.2. The molecule has 0 saturated carbocycles. The summed E-state index contributed by atoms with van der Waals surface area (Å²) >= 11 is 19.7. The molecule has 3 aromatic rings. The monoisotopic (exact) mass is 555 g/mol. The predicted octanol–water partition coefficient (Wildman–Crippen LogP) is 5.78. The number of hydrogen-bond donors (Lipinski definition) is 2. The van der Waals surface area contributed by atoms with Gasteiger partial charge < -0.3 is 10.6 Å². The van der Waals surface area contributed by atoms with E-state index < -0.39 is 22.6 Å². The van der Waals surface area contributed by atoms with E-state index in [1.165, 1.54) is 17.4 Å². The van der Waals surface area contributed by atoms with Crippen LogP contribution in [0.1, 0.15) is 24.9 Å². The van der Waals surface area contributed by atoms with Gasteiger partial charge in [-0.2, -0.15) is 0 Å². The van der Waals surface area contributed by atoms with Crippen molar-refractivity contribution in [2.75, 3.05) is 35.2 Å². The zero-order chi connectivity index (χ0) is 24.2. The van der Waals surface area contributed by atoms with Crippen molar-refractivity contribution in [3.8, 4) is 0 Å².